The fourth-order valence-corrected chi connectivity index (χ4v) is 4.24. The molecule has 1 fully saturated rings. The second-order valence-corrected chi connectivity index (χ2v) is 9.22. The molecular formula is C25H32N2O3. The Balaban J connectivity index is 1.44. The van der Waals surface area contributed by atoms with Crippen LogP contribution in [0.2, 0.25) is 0 Å². The first kappa shape index (κ1) is 20.7. The third-order valence-electron chi connectivity index (χ3n) is 5.67. The molecule has 4 rings (SSSR count). The summed E-state index contributed by atoms with van der Waals surface area (Å²) in [6, 6.07) is 16.8. The molecule has 30 heavy (non-hydrogen) atoms. The van der Waals surface area contributed by atoms with Crippen molar-refractivity contribution in [3.63, 3.8) is 0 Å². The van der Waals surface area contributed by atoms with Crippen LogP contribution in [0.15, 0.2) is 48.5 Å². The lowest BCUT2D eigenvalue weighted by atomic mass is 9.99. The smallest absolute Gasteiger partial charge is 0.410 e. The molecule has 5 heteroatoms. The number of nitrogens with zero attached hydrogens (tertiary/aromatic N) is 2. The zero-order chi connectivity index (χ0) is 21.1. The molecule has 0 saturated carbocycles. The molecule has 2 aromatic carbocycles. The number of benzene rings is 2. The van der Waals surface area contributed by atoms with Gasteiger partial charge in [-0.05, 0) is 57.2 Å². The van der Waals surface area contributed by atoms with Gasteiger partial charge in [-0.25, -0.2) is 4.79 Å². The maximum atomic E-state index is 12.5. The van der Waals surface area contributed by atoms with E-state index >= 15 is 0 Å². The third-order valence-corrected chi connectivity index (χ3v) is 5.67. The molecule has 0 radical (unpaired) electrons. The van der Waals surface area contributed by atoms with E-state index in [0.29, 0.717) is 13.1 Å². The number of likely N-dealkylation sites (tertiary alicyclic amines) is 1. The van der Waals surface area contributed by atoms with Gasteiger partial charge in [0.1, 0.15) is 11.4 Å². The van der Waals surface area contributed by atoms with E-state index < -0.39 is 5.60 Å². The predicted molar refractivity (Wildman–Crippen MR) is 117 cm³/mol. The van der Waals surface area contributed by atoms with Crippen molar-refractivity contribution >= 4 is 6.09 Å². The number of hydrogen-bond acceptors (Lipinski definition) is 4. The maximum Gasteiger partial charge on any atom is 0.410 e. The maximum absolute atomic E-state index is 12.5. The quantitative estimate of drug-likeness (QED) is 0.715. The molecule has 2 aromatic rings. The number of amides is 1. The number of ether oxygens (including phenoxy) is 2. The lowest BCUT2D eigenvalue weighted by Gasteiger charge is -2.33. The van der Waals surface area contributed by atoms with E-state index in [0.717, 1.165) is 43.7 Å². The van der Waals surface area contributed by atoms with E-state index in [4.69, 9.17) is 9.47 Å². The van der Waals surface area contributed by atoms with Crippen LogP contribution in [0.3, 0.4) is 0 Å². The molecule has 1 amide bonds. The summed E-state index contributed by atoms with van der Waals surface area (Å²) >= 11 is 0. The van der Waals surface area contributed by atoms with Gasteiger partial charge in [-0.2, -0.15) is 0 Å². The van der Waals surface area contributed by atoms with E-state index in [1.165, 1.54) is 11.1 Å². The monoisotopic (exact) mass is 408 g/mol. The average Bonchev–Trinajstić information content (AvgIpc) is 3.14. The van der Waals surface area contributed by atoms with Gasteiger partial charge in [-0.15, -0.1) is 0 Å². The van der Waals surface area contributed by atoms with Gasteiger partial charge in [-0.1, -0.05) is 42.5 Å². The van der Waals surface area contributed by atoms with Crippen LogP contribution in [-0.2, 0) is 24.2 Å². The topological polar surface area (TPSA) is 42.0 Å². The van der Waals surface area contributed by atoms with Gasteiger partial charge in [-0.3, -0.25) is 4.90 Å². The summed E-state index contributed by atoms with van der Waals surface area (Å²) in [6.07, 6.45) is 2.83. The van der Waals surface area contributed by atoms with Crippen molar-refractivity contribution < 1.29 is 14.3 Å². The Bertz CT molecular complexity index is 876. The van der Waals surface area contributed by atoms with E-state index in [2.05, 4.69) is 47.4 Å². The summed E-state index contributed by atoms with van der Waals surface area (Å²) in [5, 5.41) is 0. The van der Waals surface area contributed by atoms with E-state index in [-0.39, 0.29) is 12.3 Å². The number of carbonyl (C=O) groups excluding carboxylic acids is 1. The fourth-order valence-electron chi connectivity index (χ4n) is 4.24. The summed E-state index contributed by atoms with van der Waals surface area (Å²) in [6.45, 7) is 8.89. The van der Waals surface area contributed by atoms with Crippen LogP contribution in [0.1, 0.15) is 50.3 Å². The summed E-state index contributed by atoms with van der Waals surface area (Å²) in [5.74, 6) is 0.960. The number of carbonyl (C=O) groups is 1. The largest absolute Gasteiger partial charge is 0.475 e. The molecule has 2 heterocycles. The molecule has 1 unspecified atom stereocenters. The Morgan fingerprint density at radius 2 is 1.87 bits per heavy atom. The summed E-state index contributed by atoms with van der Waals surface area (Å²) in [7, 11) is 0. The van der Waals surface area contributed by atoms with Crippen molar-refractivity contribution in [1.29, 1.82) is 0 Å². The first-order valence-corrected chi connectivity index (χ1v) is 10.9. The molecule has 1 atom stereocenters. The molecule has 0 N–H and O–H groups in total. The molecule has 160 valence electrons. The molecular weight excluding hydrogens is 376 g/mol. The molecule has 0 aromatic heterocycles. The second kappa shape index (κ2) is 8.68. The lowest BCUT2D eigenvalue weighted by molar-refractivity contribution is 0.0218. The van der Waals surface area contributed by atoms with Gasteiger partial charge >= 0.3 is 6.09 Å². The lowest BCUT2D eigenvalue weighted by Crippen LogP contribution is -2.40. The Hall–Kier alpha value is -2.53. The molecule has 0 bridgehead atoms. The molecule has 0 spiro atoms. The van der Waals surface area contributed by atoms with Crippen molar-refractivity contribution in [2.24, 2.45) is 0 Å². The van der Waals surface area contributed by atoms with E-state index in [9.17, 15) is 4.79 Å². The zero-order valence-electron chi connectivity index (χ0n) is 18.3. The number of fused-ring (bicyclic) bond motifs is 1. The van der Waals surface area contributed by atoms with Crippen LogP contribution < -0.4 is 4.74 Å². The highest BCUT2D eigenvalue weighted by molar-refractivity contribution is 5.69. The Kier molecular flexibility index (Phi) is 6.00. The van der Waals surface area contributed by atoms with Crippen LogP contribution >= 0.6 is 0 Å². The Morgan fingerprint density at radius 1 is 1.07 bits per heavy atom. The van der Waals surface area contributed by atoms with Gasteiger partial charge in [0.15, 0.2) is 6.23 Å². The van der Waals surface area contributed by atoms with Crippen LogP contribution in [0, 0.1) is 0 Å². The summed E-state index contributed by atoms with van der Waals surface area (Å²) in [4.78, 5) is 16.7. The van der Waals surface area contributed by atoms with E-state index in [1.807, 2.05) is 26.8 Å². The Morgan fingerprint density at radius 3 is 2.63 bits per heavy atom. The SMILES string of the molecule is CC(C)(C)OC(=O)N1CCc2c(cccc2OC2CCCN2Cc2ccccc2)C1. The van der Waals surface area contributed by atoms with Crippen molar-refractivity contribution in [3.8, 4) is 5.75 Å². The first-order valence-electron chi connectivity index (χ1n) is 10.9. The van der Waals surface area contributed by atoms with Crippen molar-refractivity contribution in [2.45, 2.75) is 65.0 Å². The first-order chi connectivity index (χ1) is 14.4. The molecule has 1 saturated heterocycles. The highest BCUT2D eigenvalue weighted by atomic mass is 16.6. The van der Waals surface area contributed by atoms with Crippen LogP contribution in [0.5, 0.6) is 5.75 Å². The van der Waals surface area contributed by atoms with Gasteiger partial charge in [0, 0.05) is 31.7 Å². The molecule has 2 aliphatic heterocycles. The normalized spacial score (nSPS) is 19.4. The van der Waals surface area contributed by atoms with Gasteiger partial charge in [0.05, 0.1) is 0 Å². The molecule has 5 nitrogen and oxygen atoms in total. The van der Waals surface area contributed by atoms with Crippen LogP contribution in [0.4, 0.5) is 4.79 Å². The van der Waals surface area contributed by atoms with Gasteiger partial charge < -0.3 is 14.4 Å². The fraction of sp³-hybridized carbons (Fsp3) is 0.480. The average molecular weight is 409 g/mol. The zero-order valence-corrected chi connectivity index (χ0v) is 18.3. The molecule has 2 aliphatic rings. The molecule has 0 aliphatic carbocycles. The third kappa shape index (κ3) is 4.96. The predicted octanol–water partition coefficient (Wildman–Crippen LogP) is 4.98. The van der Waals surface area contributed by atoms with Crippen molar-refractivity contribution in [2.75, 3.05) is 13.1 Å². The van der Waals surface area contributed by atoms with Crippen LogP contribution in [-0.4, -0.2) is 40.8 Å². The van der Waals surface area contributed by atoms with E-state index in [1.54, 1.807) is 4.90 Å². The minimum Gasteiger partial charge on any atom is -0.475 e. The minimum absolute atomic E-state index is 0.0978. The number of rotatable bonds is 4. The highest BCUT2D eigenvalue weighted by Gasteiger charge is 2.30. The number of hydrogen-bond donors (Lipinski definition) is 0. The van der Waals surface area contributed by atoms with Gasteiger partial charge in [0.25, 0.3) is 0 Å². The summed E-state index contributed by atoms with van der Waals surface area (Å²) in [5.41, 5.74) is 3.21. The minimum atomic E-state index is -0.479. The summed E-state index contributed by atoms with van der Waals surface area (Å²) < 4.78 is 12.1. The van der Waals surface area contributed by atoms with Gasteiger partial charge in [0.2, 0.25) is 0 Å². The Labute approximate surface area is 179 Å². The second-order valence-electron chi connectivity index (χ2n) is 9.22. The van der Waals surface area contributed by atoms with Crippen LogP contribution in [0.25, 0.3) is 0 Å². The van der Waals surface area contributed by atoms with Crippen molar-refractivity contribution in [3.05, 3.63) is 65.2 Å². The standard InChI is InChI=1S/C25H32N2O3/c1-25(2,3)30-24(28)27-16-14-21-20(18-27)11-7-12-22(21)29-23-13-8-15-26(23)17-19-9-5-4-6-10-19/h4-7,9-12,23H,8,13-18H2,1-3H3. The van der Waals surface area contributed by atoms with Crippen molar-refractivity contribution in [1.82, 2.24) is 9.80 Å². The highest BCUT2D eigenvalue weighted by Crippen LogP contribution is 2.32.